The maximum absolute atomic E-state index is 9.05. The van der Waals surface area contributed by atoms with Gasteiger partial charge in [-0.1, -0.05) is 66.7 Å². The van der Waals surface area contributed by atoms with E-state index in [2.05, 4.69) is 17.1 Å². The fourth-order valence-electron chi connectivity index (χ4n) is 4.10. The van der Waals surface area contributed by atoms with Gasteiger partial charge in [0.2, 0.25) is 0 Å². The van der Waals surface area contributed by atoms with E-state index in [-0.39, 0.29) is 0 Å². The molecule has 151 valence electrons. The molecule has 0 aliphatic carbocycles. The molecule has 6 heteroatoms. The summed E-state index contributed by atoms with van der Waals surface area (Å²) in [6, 6.07) is 27.8. The van der Waals surface area contributed by atoms with E-state index in [4.69, 9.17) is 19.1 Å². The predicted molar refractivity (Wildman–Crippen MR) is 126 cm³/mol. The minimum atomic E-state index is 0.466. The molecule has 2 heterocycles. The lowest BCUT2D eigenvalue weighted by molar-refractivity contribution is 0.451. The molecule has 6 aromatic rings. The molecular weight excluding hydrogens is 399 g/mol. The Hall–Kier alpha value is -4.16. The zero-order chi connectivity index (χ0) is 21.5. The van der Waals surface area contributed by atoms with Crippen molar-refractivity contribution in [3.8, 4) is 28.3 Å². The number of rotatable bonds is 4. The fourth-order valence-corrected chi connectivity index (χ4v) is 4.10. The van der Waals surface area contributed by atoms with Crippen LogP contribution in [0.5, 0.6) is 5.75 Å². The van der Waals surface area contributed by atoms with Crippen LogP contribution in [0.3, 0.4) is 0 Å². The van der Waals surface area contributed by atoms with Gasteiger partial charge in [0.15, 0.2) is 11.4 Å². The van der Waals surface area contributed by atoms with Crippen molar-refractivity contribution in [3.63, 3.8) is 0 Å². The summed E-state index contributed by atoms with van der Waals surface area (Å²) in [4.78, 5) is 9.44. The summed E-state index contributed by atoms with van der Waals surface area (Å²) in [6.45, 7) is 0. The van der Waals surface area contributed by atoms with Gasteiger partial charge in [-0.15, -0.1) is 0 Å². The fraction of sp³-hybridized carbons (Fsp3) is 0. The van der Waals surface area contributed by atoms with Gasteiger partial charge in [0, 0.05) is 33.5 Å². The van der Waals surface area contributed by atoms with Crippen LogP contribution in [0.4, 0.5) is 0 Å². The van der Waals surface area contributed by atoms with Crippen molar-refractivity contribution >= 4 is 40.5 Å². The van der Waals surface area contributed by atoms with Gasteiger partial charge in [-0.2, -0.15) is 0 Å². The molecule has 0 saturated heterocycles. The van der Waals surface area contributed by atoms with Crippen molar-refractivity contribution in [2.45, 2.75) is 0 Å². The SMILES string of the molecule is O[B]Oc1cccc2c1oc1cc(-c3cccc4cnc(-c5ccccc5)nc34)ccc12. The molecule has 4 aromatic carbocycles. The molecule has 1 N–H and O–H groups in total. The van der Waals surface area contributed by atoms with Gasteiger partial charge >= 0.3 is 7.69 Å². The second-order valence-corrected chi connectivity index (χ2v) is 7.47. The van der Waals surface area contributed by atoms with E-state index in [1.165, 1.54) is 0 Å². The van der Waals surface area contributed by atoms with Crippen LogP contribution in [0, 0.1) is 0 Å². The number of para-hydroxylation sites is 2. The molecule has 32 heavy (non-hydrogen) atoms. The van der Waals surface area contributed by atoms with Crippen molar-refractivity contribution in [2.75, 3.05) is 0 Å². The van der Waals surface area contributed by atoms with Crippen LogP contribution in [0.1, 0.15) is 0 Å². The van der Waals surface area contributed by atoms with Crippen LogP contribution in [0.25, 0.3) is 55.4 Å². The maximum Gasteiger partial charge on any atom is 0.569 e. The highest BCUT2D eigenvalue weighted by molar-refractivity contribution is 6.18. The third kappa shape index (κ3) is 3.01. The quantitative estimate of drug-likeness (QED) is 0.371. The van der Waals surface area contributed by atoms with Crippen LogP contribution >= 0.6 is 0 Å². The molecule has 0 amide bonds. The first-order chi connectivity index (χ1) is 15.8. The zero-order valence-electron chi connectivity index (χ0n) is 16.9. The monoisotopic (exact) mass is 415 g/mol. The van der Waals surface area contributed by atoms with E-state index in [0.717, 1.165) is 43.9 Å². The lowest BCUT2D eigenvalue weighted by Crippen LogP contribution is -1.99. The minimum Gasteiger partial charge on any atom is -0.535 e. The lowest BCUT2D eigenvalue weighted by atomic mass is 10.0. The van der Waals surface area contributed by atoms with Gasteiger partial charge in [-0.25, -0.2) is 9.97 Å². The zero-order valence-corrected chi connectivity index (χ0v) is 16.9. The summed E-state index contributed by atoms with van der Waals surface area (Å²) in [6.07, 6.45) is 1.86. The third-order valence-corrected chi connectivity index (χ3v) is 5.60. The Kier molecular flexibility index (Phi) is 4.37. The number of hydrogen-bond acceptors (Lipinski definition) is 5. The number of fused-ring (bicyclic) bond motifs is 4. The highest BCUT2D eigenvalue weighted by atomic mass is 16.5. The van der Waals surface area contributed by atoms with E-state index >= 15 is 0 Å². The Labute approximate surface area is 184 Å². The Bertz CT molecular complexity index is 1600. The van der Waals surface area contributed by atoms with E-state index in [0.29, 0.717) is 24.8 Å². The molecule has 6 rings (SSSR count). The van der Waals surface area contributed by atoms with Gasteiger partial charge in [-0.3, -0.25) is 0 Å². The smallest absolute Gasteiger partial charge is 0.535 e. The van der Waals surface area contributed by atoms with Crippen LogP contribution < -0.4 is 4.65 Å². The summed E-state index contributed by atoms with van der Waals surface area (Å²) in [5.74, 6) is 1.16. The first-order valence-corrected chi connectivity index (χ1v) is 10.2. The molecule has 0 unspecified atom stereocenters. The summed E-state index contributed by atoms with van der Waals surface area (Å²) in [5, 5.41) is 11.9. The van der Waals surface area contributed by atoms with E-state index in [9.17, 15) is 0 Å². The van der Waals surface area contributed by atoms with Gasteiger partial charge in [0.1, 0.15) is 11.3 Å². The van der Waals surface area contributed by atoms with Crippen LogP contribution in [0.2, 0.25) is 0 Å². The van der Waals surface area contributed by atoms with Crippen molar-refractivity contribution in [1.29, 1.82) is 0 Å². The van der Waals surface area contributed by atoms with E-state index in [1.54, 1.807) is 6.07 Å². The molecule has 2 aromatic heterocycles. The third-order valence-electron chi connectivity index (χ3n) is 5.60. The summed E-state index contributed by atoms with van der Waals surface area (Å²) in [7, 11) is 0.660. The van der Waals surface area contributed by atoms with Crippen molar-refractivity contribution < 1.29 is 14.1 Å². The molecule has 0 spiro atoms. The molecule has 0 saturated carbocycles. The Morgan fingerprint density at radius 1 is 0.812 bits per heavy atom. The second-order valence-electron chi connectivity index (χ2n) is 7.47. The summed E-state index contributed by atoms with van der Waals surface area (Å²) < 4.78 is 11.3. The minimum absolute atomic E-state index is 0.466. The Balaban J connectivity index is 1.54. The van der Waals surface area contributed by atoms with E-state index < -0.39 is 0 Å². The molecule has 0 aliphatic rings. The van der Waals surface area contributed by atoms with Gasteiger partial charge in [-0.05, 0) is 23.8 Å². The highest BCUT2D eigenvalue weighted by Crippen LogP contribution is 2.37. The Morgan fingerprint density at radius 3 is 2.56 bits per heavy atom. The average Bonchev–Trinajstić information content (AvgIpc) is 3.23. The van der Waals surface area contributed by atoms with Gasteiger partial charge in [0.05, 0.1) is 5.52 Å². The number of aromatic nitrogens is 2. The average molecular weight is 415 g/mol. The molecule has 0 atom stereocenters. The molecule has 5 nitrogen and oxygen atoms in total. The lowest BCUT2D eigenvalue weighted by Gasteiger charge is -2.08. The van der Waals surface area contributed by atoms with Crippen molar-refractivity contribution in [3.05, 3.63) is 91.1 Å². The largest absolute Gasteiger partial charge is 0.569 e. The number of benzene rings is 4. The topological polar surface area (TPSA) is 68.4 Å². The molecule has 0 bridgehead atoms. The molecule has 0 fully saturated rings. The Morgan fingerprint density at radius 2 is 1.69 bits per heavy atom. The van der Waals surface area contributed by atoms with Crippen molar-refractivity contribution in [1.82, 2.24) is 9.97 Å². The number of hydrogen-bond donors (Lipinski definition) is 1. The van der Waals surface area contributed by atoms with Crippen LogP contribution in [-0.4, -0.2) is 22.7 Å². The summed E-state index contributed by atoms with van der Waals surface area (Å²) >= 11 is 0. The first kappa shape index (κ1) is 18.6. The van der Waals surface area contributed by atoms with Crippen molar-refractivity contribution in [2.24, 2.45) is 0 Å². The van der Waals surface area contributed by atoms with Crippen LogP contribution in [-0.2, 0) is 0 Å². The summed E-state index contributed by atoms with van der Waals surface area (Å²) in [5.41, 5.74) is 5.19. The second kappa shape index (κ2) is 7.52. The van der Waals surface area contributed by atoms with Gasteiger partial charge in [0.25, 0.3) is 0 Å². The highest BCUT2D eigenvalue weighted by Gasteiger charge is 2.14. The van der Waals surface area contributed by atoms with Gasteiger partial charge < -0.3 is 14.1 Å². The molecule has 1 radical (unpaired) electrons. The standard InChI is InChI=1S/C26H16BN2O3/c30-27-32-22-11-5-10-21-20-13-12-17(14-23(20)31-25(21)22)19-9-4-8-18-15-28-26(29-24(18)19)16-6-2-1-3-7-16/h1-15,30H. The number of furan rings is 1. The maximum atomic E-state index is 9.05. The first-order valence-electron chi connectivity index (χ1n) is 10.2. The number of nitrogens with zero attached hydrogens (tertiary/aromatic N) is 2. The normalized spacial score (nSPS) is 11.3. The molecule has 0 aliphatic heterocycles. The van der Waals surface area contributed by atoms with E-state index in [1.807, 2.05) is 72.9 Å². The van der Waals surface area contributed by atoms with Crippen LogP contribution in [0.15, 0.2) is 95.5 Å². The predicted octanol–water partition coefficient (Wildman–Crippen LogP) is 5.77. The molecular formula is C26H16BN2O3.